The first-order valence-electron chi connectivity index (χ1n) is 6.06. The number of hydrogen-bond acceptors (Lipinski definition) is 2. The van der Waals surface area contributed by atoms with Crippen molar-refractivity contribution in [2.75, 3.05) is 11.5 Å². The highest BCUT2D eigenvalue weighted by molar-refractivity contribution is 7.99. The van der Waals surface area contributed by atoms with Crippen molar-refractivity contribution >= 4 is 34.4 Å². The van der Waals surface area contributed by atoms with E-state index in [0.717, 1.165) is 29.3 Å². The van der Waals surface area contributed by atoms with Crippen molar-refractivity contribution in [2.24, 2.45) is 0 Å². The van der Waals surface area contributed by atoms with Crippen LogP contribution in [0.25, 0.3) is 11.0 Å². The van der Waals surface area contributed by atoms with Gasteiger partial charge in [0.05, 0.1) is 10.9 Å². The number of alkyl halides is 1. The normalized spacial score (nSPS) is 21.6. The van der Waals surface area contributed by atoms with Crippen LogP contribution in [-0.2, 0) is 0 Å². The lowest BCUT2D eigenvalue weighted by atomic mass is 10.2. The van der Waals surface area contributed by atoms with E-state index in [2.05, 4.69) is 9.55 Å². The van der Waals surface area contributed by atoms with Gasteiger partial charge in [0.1, 0.15) is 11.3 Å². The van der Waals surface area contributed by atoms with Crippen LogP contribution in [0.2, 0.25) is 0 Å². The molecule has 0 spiro atoms. The number of imidazole rings is 1. The van der Waals surface area contributed by atoms with Crippen molar-refractivity contribution in [2.45, 2.75) is 24.8 Å². The summed E-state index contributed by atoms with van der Waals surface area (Å²) in [5.41, 5.74) is 1.31. The van der Waals surface area contributed by atoms with Crippen molar-refractivity contribution in [1.29, 1.82) is 0 Å². The molecule has 1 aliphatic heterocycles. The van der Waals surface area contributed by atoms with Gasteiger partial charge in [-0.05, 0) is 31.2 Å². The predicted molar refractivity (Wildman–Crippen MR) is 74.9 cm³/mol. The van der Waals surface area contributed by atoms with E-state index in [1.807, 2.05) is 24.8 Å². The fraction of sp³-hybridized carbons (Fsp3) is 0.462. The third-order valence-electron chi connectivity index (χ3n) is 3.32. The molecule has 0 aliphatic carbocycles. The van der Waals surface area contributed by atoms with Crippen LogP contribution in [0.5, 0.6) is 0 Å². The highest BCUT2D eigenvalue weighted by Gasteiger charge is 2.25. The van der Waals surface area contributed by atoms with Crippen LogP contribution in [0.15, 0.2) is 18.2 Å². The number of fused-ring (bicyclic) bond motifs is 1. The number of para-hydroxylation sites is 1. The summed E-state index contributed by atoms with van der Waals surface area (Å²) >= 11 is 8.13. The Hall–Kier alpha value is -0.740. The smallest absolute Gasteiger partial charge is 0.151 e. The third kappa shape index (κ3) is 1.91. The van der Waals surface area contributed by atoms with E-state index in [4.69, 9.17) is 11.6 Å². The monoisotopic (exact) mass is 284 g/mol. The molecule has 0 radical (unpaired) electrons. The molecule has 0 bridgehead atoms. The van der Waals surface area contributed by atoms with E-state index >= 15 is 0 Å². The van der Waals surface area contributed by atoms with Gasteiger partial charge in [-0.25, -0.2) is 9.37 Å². The quantitative estimate of drug-likeness (QED) is 0.771. The molecule has 1 aliphatic rings. The maximum Gasteiger partial charge on any atom is 0.151 e. The SMILES string of the molecule is CC(Cl)c1nc2c(F)cccc2n1C1CCSC1. The first-order chi connectivity index (χ1) is 8.68. The Bertz CT molecular complexity index is 576. The van der Waals surface area contributed by atoms with Gasteiger partial charge >= 0.3 is 0 Å². The molecule has 2 nitrogen and oxygen atoms in total. The molecule has 2 unspecified atom stereocenters. The second kappa shape index (κ2) is 4.74. The van der Waals surface area contributed by atoms with Crippen LogP contribution in [0, 0.1) is 5.82 Å². The maximum absolute atomic E-state index is 13.8. The van der Waals surface area contributed by atoms with Gasteiger partial charge in [0, 0.05) is 11.8 Å². The molecule has 2 atom stereocenters. The molecule has 0 amide bonds. The highest BCUT2D eigenvalue weighted by atomic mass is 35.5. The van der Waals surface area contributed by atoms with Crippen LogP contribution < -0.4 is 0 Å². The molecular weight excluding hydrogens is 271 g/mol. The average molecular weight is 285 g/mol. The Balaban J connectivity index is 2.25. The molecule has 96 valence electrons. The zero-order valence-electron chi connectivity index (χ0n) is 10.1. The van der Waals surface area contributed by atoms with Crippen LogP contribution in [0.4, 0.5) is 4.39 Å². The third-order valence-corrected chi connectivity index (χ3v) is 4.66. The first-order valence-corrected chi connectivity index (χ1v) is 7.65. The molecule has 1 aromatic carbocycles. The van der Waals surface area contributed by atoms with Gasteiger partial charge in [-0.1, -0.05) is 6.07 Å². The van der Waals surface area contributed by atoms with Gasteiger partial charge in [0.25, 0.3) is 0 Å². The van der Waals surface area contributed by atoms with Gasteiger partial charge in [0.15, 0.2) is 5.82 Å². The van der Waals surface area contributed by atoms with Gasteiger partial charge in [-0.15, -0.1) is 11.6 Å². The van der Waals surface area contributed by atoms with Crippen molar-refractivity contribution < 1.29 is 4.39 Å². The molecule has 5 heteroatoms. The number of thioether (sulfide) groups is 1. The Morgan fingerprint density at radius 2 is 2.39 bits per heavy atom. The van der Waals surface area contributed by atoms with Crippen LogP contribution in [0.3, 0.4) is 0 Å². The Morgan fingerprint density at radius 1 is 1.56 bits per heavy atom. The summed E-state index contributed by atoms with van der Waals surface area (Å²) in [6.45, 7) is 1.89. The van der Waals surface area contributed by atoms with E-state index in [9.17, 15) is 4.39 Å². The number of benzene rings is 1. The lowest BCUT2D eigenvalue weighted by Crippen LogP contribution is -2.12. The second-order valence-electron chi connectivity index (χ2n) is 4.58. The minimum atomic E-state index is -0.268. The van der Waals surface area contributed by atoms with Crippen molar-refractivity contribution in [1.82, 2.24) is 9.55 Å². The number of hydrogen-bond donors (Lipinski definition) is 0. The van der Waals surface area contributed by atoms with Gasteiger partial charge < -0.3 is 4.57 Å². The summed E-state index contributed by atoms with van der Waals surface area (Å²) in [4.78, 5) is 4.40. The summed E-state index contributed by atoms with van der Waals surface area (Å²) in [6, 6.07) is 5.50. The molecule has 2 heterocycles. The van der Waals surface area contributed by atoms with E-state index in [1.165, 1.54) is 6.07 Å². The topological polar surface area (TPSA) is 17.8 Å². The zero-order chi connectivity index (χ0) is 12.7. The Labute approximate surface area is 115 Å². The number of nitrogens with zero attached hydrogens (tertiary/aromatic N) is 2. The van der Waals surface area contributed by atoms with E-state index < -0.39 is 0 Å². The highest BCUT2D eigenvalue weighted by Crippen LogP contribution is 2.35. The van der Waals surface area contributed by atoms with E-state index in [0.29, 0.717) is 11.6 Å². The molecule has 18 heavy (non-hydrogen) atoms. The number of rotatable bonds is 2. The number of aromatic nitrogens is 2. The van der Waals surface area contributed by atoms with Crippen molar-refractivity contribution in [3.05, 3.63) is 29.8 Å². The Morgan fingerprint density at radius 3 is 3.06 bits per heavy atom. The average Bonchev–Trinajstić information content (AvgIpc) is 2.94. The minimum absolute atomic E-state index is 0.206. The summed E-state index contributed by atoms with van der Waals surface area (Å²) in [7, 11) is 0. The van der Waals surface area contributed by atoms with Crippen LogP contribution in [0.1, 0.15) is 30.6 Å². The molecular formula is C13H14ClFN2S. The molecule has 3 rings (SSSR count). The van der Waals surface area contributed by atoms with Crippen molar-refractivity contribution in [3.63, 3.8) is 0 Å². The molecule has 1 aromatic heterocycles. The second-order valence-corrected chi connectivity index (χ2v) is 6.39. The number of halogens is 2. The molecule has 2 aromatic rings. The summed E-state index contributed by atoms with van der Waals surface area (Å²) in [5, 5.41) is -0.206. The van der Waals surface area contributed by atoms with Gasteiger partial charge in [-0.2, -0.15) is 11.8 Å². The van der Waals surface area contributed by atoms with Gasteiger partial charge in [0.2, 0.25) is 0 Å². The largest absolute Gasteiger partial charge is 0.323 e. The van der Waals surface area contributed by atoms with Crippen molar-refractivity contribution in [3.8, 4) is 0 Å². The van der Waals surface area contributed by atoms with Crippen LogP contribution >= 0.6 is 23.4 Å². The predicted octanol–water partition coefficient (Wildman–Crippen LogP) is 4.15. The fourth-order valence-corrected chi connectivity index (χ4v) is 3.84. The van der Waals surface area contributed by atoms with E-state index in [1.54, 1.807) is 6.07 Å². The fourth-order valence-electron chi connectivity index (χ4n) is 2.49. The summed E-state index contributed by atoms with van der Waals surface area (Å²) in [6.07, 6.45) is 1.10. The maximum atomic E-state index is 13.8. The van der Waals surface area contributed by atoms with Crippen LogP contribution in [-0.4, -0.2) is 21.1 Å². The first kappa shape index (κ1) is 12.3. The molecule has 0 saturated carbocycles. The minimum Gasteiger partial charge on any atom is -0.323 e. The lowest BCUT2D eigenvalue weighted by Gasteiger charge is -2.16. The molecule has 1 saturated heterocycles. The zero-order valence-corrected chi connectivity index (χ0v) is 11.6. The molecule has 1 fully saturated rings. The molecule has 0 N–H and O–H groups in total. The Kier molecular flexibility index (Phi) is 3.24. The standard InChI is InChI=1S/C13H14ClFN2S/c1-8(14)13-16-12-10(15)3-2-4-11(12)17(13)9-5-6-18-7-9/h2-4,8-9H,5-7H2,1H3. The van der Waals surface area contributed by atoms with E-state index in [-0.39, 0.29) is 11.2 Å². The lowest BCUT2D eigenvalue weighted by molar-refractivity contribution is 0.549. The summed E-state index contributed by atoms with van der Waals surface area (Å²) < 4.78 is 15.9. The summed E-state index contributed by atoms with van der Waals surface area (Å²) in [5.74, 6) is 2.72. The van der Waals surface area contributed by atoms with Gasteiger partial charge in [-0.3, -0.25) is 0 Å².